The fourth-order valence-electron chi connectivity index (χ4n) is 2.26. The van der Waals surface area contributed by atoms with Crippen molar-refractivity contribution in [2.24, 2.45) is 5.73 Å². The summed E-state index contributed by atoms with van der Waals surface area (Å²) >= 11 is 0. The van der Waals surface area contributed by atoms with Gasteiger partial charge in [0.25, 0.3) is 0 Å². The molecule has 1 heterocycles. The number of hydrogen-bond donors (Lipinski definition) is 1. The topological polar surface area (TPSA) is 80.5 Å². The van der Waals surface area contributed by atoms with Gasteiger partial charge >= 0.3 is 0 Å². The number of nitrogens with zero attached hydrogens (tertiary/aromatic N) is 1. The van der Waals surface area contributed by atoms with Crippen LogP contribution in [0.25, 0.3) is 0 Å². The summed E-state index contributed by atoms with van der Waals surface area (Å²) in [5.74, 6) is -0.502. The van der Waals surface area contributed by atoms with Crippen LogP contribution in [0.3, 0.4) is 0 Å². The first-order valence-corrected chi connectivity index (χ1v) is 7.07. The van der Waals surface area contributed by atoms with E-state index in [-0.39, 0.29) is 6.04 Å². The van der Waals surface area contributed by atoms with Crippen LogP contribution < -0.4 is 10.0 Å². The first-order chi connectivity index (χ1) is 7.80. The molecule has 0 saturated carbocycles. The van der Waals surface area contributed by atoms with Crippen LogP contribution in [0.2, 0.25) is 0 Å². The first-order valence-electron chi connectivity index (χ1n) is 5.23. The fourth-order valence-corrected chi connectivity index (χ4v) is 3.53. The maximum Gasteiger partial charge on any atom is 0.248 e. The Kier molecular flexibility index (Phi) is 2.61. The van der Waals surface area contributed by atoms with Crippen LogP contribution in [0.4, 0.5) is 5.69 Å². The number of sulfonamides is 1. The molecule has 2 rings (SSSR count). The molecule has 0 radical (unpaired) electrons. The molecule has 0 saturated heterocycles. The van der Waals surface area contributed by atoms with E-state index >= 15 is 0 Å². The van der Waals surface area contributed by atoms with Gasteiger partial charge in [0, 0.05) is 11.6 Å². The maximum atomic E-state index is 11.7. The van der Waals surface area contributed by atoms with Crippen LogP contribution >= 0.6 is 0 Å². The molecule has 0 bridgehead atoms. The van der Waals surface area contributed by atoms with E-state index in [2.05, 4.69) is 0 Å². The Hall–Kier alpha value is -1.56. The normalized spacial score (nSPS) is 19.2. The lowest BCUT2D eigenvalue weighted by Gasteiger charge is -2.21. The number of carbonyl (C=O) groups is 1. The number of primary amides is 1. The molecule has 2 N–H and O–H groups in total. The van der Waals surface area contributed by atoms with Gasteiger partial charge in [0.15, 0.2) is 0 Å². The molecule has 1 atom stereocenters. The highest BCUT2D eigenvalue weighted by Gasteiger charge is 2.32. The highest BCUT2D eigenvalue weighted by Crippen LogP contribution is 2.34. The smallest absolute Gasteiger partial charge is 0.248 e. The van der Waals surface area contributed by atoms with Crippen LogP contribution in [0.15, 0.2) is 18.2 Å². The average Bonchev–Trinajstić information content (AvgIpc) is 2.51. The number of carbonyl (C=O) groups excluding carboxylic acids is 1. The van der Waals surface area contributed by atoms with Gasteiger partial charge in [-0.2, -0.15) is 0 Å². The predicted molar refractivity (Wildman–Crippen MR) is 65.4 cm³/mol. The second-order valence-electron chi connectivity index (χ2n) is 4.32. The number of amides is 1. The van der Waals surface area contributed by atoms with Crippen molar-refractivity contribution >= 4 is 21.6 Å². The van der Waals surface area contributed by atoms with Crippen molar-refractivity contribution in [1.29, 1.82) is 0 Å². The van der Waals surface area contributed by atoms with Crippen LogP contribution in [0.1, 0.15) is 22.8 Å². The number of nitrogens with two attached hydrogens (primary N) is 1. The number of fused-ring (bicyclic) bond motifs is 1. The summed E-state index contributed by atoms with van der Waals surface area (Å²) in [5.41, 5.74) is 7.09. The van der Waals surface area contributed by atoms with Crippen molar-refractivity contribution in [3.05, 3.63) is 29.3 Å². The molecule has 0 unspecified atom stereocenters. The molecular formula is C11H14N2O3S. The third-order valence-corrected chi connectivity index (χ3v) is 4.15. The number of benzene rings is 1. The molecule has 1 amide bonds. The average molecular weight is 254 g/mol. The highest BCUT2D eigenvalue weighted by molar-refractivity contribution is 7.92. The predicted octanol–water partition coefficient (Wildman–Crippen LogP) is 0.496. The minimum atomic E-state index is -3.28. The van der Waals surface area contributed by atoms with Gasteiger partial charge in [-0.15, -0.1) is 0 Å². The maximum absolute atomic E-state index is 11.7. The lowest BCUT2D eigenvalue weighted by atomic mass is 10.1. The monoisotopic (exact) mass is 254 g/mol. The molecule has 0 fully saturated rings. The second kappa shape index (κ2) is 3.73. The van der Waals surface area contributed by atoms with Crippen molar-refractivity contribution in [2.45, 2.75) is 19.4 Å². The molecular weight excluding hydrogens is 240 g/mol. The number of anilines is 1. The summed E-state index contributed by atoms with van der Waals surface area (Å²) in [6, 6.07) is 4.74. The molecule has 0 aliphatic carbocycles. The zero-order valence-corrected chi connectivity index (χ0v) is 10.5. The molecule has 17 heavy (non-hydrogen) atoms. The summed E-state index contributed by atoms with van der Waals surface area (Å²) in [6.07, 6.45) is 1.78. The third-order valence-electron chi connectivity index (χ3n) is 2.87. The Morgan fingerprint density at radius 2 is 2.12 bits per heavy atom. The Labute approximate surface area is 100 Å². The van der Waals surface area contributed by atoms with E-state index in [9.17, 15) is 13.2 Å². The zero-order valence-electron chi connectivity index (χ0n) is 9.67. The van der Waals surface area contributed by atoms with Crippen LogP contribution in [0.5, 0.6) is 0 Å². The van der Waals surface area contributed by atoms with Crippen molar-refractivity contribution in [3.8, 4) is 0 Å². The van der Waals surface area contributed by atoms with Crippen LogP contribution in [0, 0.1) is 0 Å². The van der Waals surface area contributed by atoms with Gasteiger partial charge in [0.05, 0.1) is 11.9 Å². The SMILES string of the molecule is C[C@H]1Cc2cc(C(N)=O)ccc2N1S(C)(=O)=O. The van der Waals surface area contributed by atoms with E-state index in [1.807, 2.05) is 6.92 Å². The van der Waals surface area contributed by atoms with Crippen molar-refractivity contribution in [1.82, 2.24) is 0 Å². The van der Waals surface area contributed by atoms with Gasteiger partial charge in [-0.05, 0) is 37.1 Å². The van der Waals surface area contributed by atoms with Gasteiger partial charge < -0.3 is 5.73 Å². The van der Waals surface area contributed by atoms with E-state index in [1.54, 1.807) is 18.2 Å². The summed E-state index contributed by atoms with van der Waals surface area (Å²) in [4.78, 5) is 11.1. The molecule has 92 valence electrons. The number of rotatable bonds is 2. The quantitative estimate of drug-likeness (QED) is 0.834. The molecule has 1 aromatic rings. The minimum absolute atomic E-state index is 0.122. The minimum Gasteiger partial charge on any atom is -0.366 e. The lowest BCUT2D eigenvalue weighted by Crippen LogP contribution is -2.34. The third kappa shape index (κ3) is 2.00. The number of hydrogen-bond acceptors (Lipinski definition) is 3. The fraction of sp³-hybridized carbons (Fsp3) is 0.364. The highest BCUT2D eigenvalue weighted by atomic mass is 32.2. The Balaban J connectivity index is 2.53. The van der Waals surface area contributed by atoms with E-state index < -0.39 is 15.9 Å². The first kappa shape index (κ1) is 11.9. The largest absolute Gasteiger partial charge is 0.366 e. The summed E-state index contributed by atoms with van der Waals surface area (Å²) in [6.45, 7) is 1.84. The van der Waals surface area contributed by atoms with E-state index in [0.717, 1.165) is 5.56 Å². The van der Waals surface area contributed by atoms with E-state index in [4.69, 9.17) is 5.73 Å². The van der Waals surface area contributed by atoms with Gasteiger partial charge in [-0.3, -0.25) is 9.10 Å². The molecule has 1 aromatic carbocycles. The van der Waals surface area contributed by atoms with E-state index in [1.165, 1.54) is 10.6 Å². The van der Waals surface area contributed by atoms with Crippen LogP contribution in [-0.4, -0.2) is 26.6 Å². The molecule has 1 aliphatic rings. The molecule has 0 aromatic heterocycles. The lowest BCUT2D eigenvalue weighted by molar-refractivity contribution is 0.1000. The van der Waals surface area contributed by atoms with Crippen molar-refractivity contribution < 1.29 is 13.2 Å². The molecule has 0 spiro atoms. The summed E-state index contributed by atoms with van der Waals surface area (Å²) in [5, 5.41) is 0. The Morgan fingerprint density at radius 3 is 2.65 bits per heavy atom. The standard InChI is InChI=1S/C11H14N2O3S/c1-7-5-9-6-8(11(12)14)3-4-10(9)13(7)17(2,15)16/h3-4,6-7H,5H2,1-2H3,(H2,12,14)/t7-/m0/s1. The summed E-state index contributed by atoms with van der Waals surface area (Å²) in [7, 11) is -3.28. The van der Waals surface area contributed by atoms with Gasteiger partial charge in [-0.25, -0.2) is 8.42 Å². The molecule has 6 heteroatoms. The van der Waals surface area contributed by atoms with Gasteiger partial charge in [-0.1, -0.05) is 0 Å². The summed E-state index contributed by atoms with van der Waals surface area (Å²) < 4.78 is 24.7. The van der Waals surface area contributed by atoms with Crippen molar-refractivity contribution in [3.63, 3.8) is 0 Å². The van der Waals surface area contributed by atoms with E-state index in [0.29, 0.717) is 17.7 Å². The van der Waals surface area contributed by atoms with Crippen molar-refractivity contribution in [2.75, 3.05) is 10.6 Å². The zero-order chi connectivity index (χ0) is 12.8. The molecule has 5 nitrogen and oxygen atoms in total. The Bertz CT molecular complexity index is 580. The molecule has 1 aliphatic heterocycles. The Morgan fingerprint density at radius 1 is 1.47 bits per heavy atom. The second-order valence-corrected chi connectivity index (χ2v) is 6.18. The van der Waals surface area contributed by atoms with Crippen LogP contribution in [-0.2, 0) is 16.4 Å². The van der Waals surface area contributed by atoms with Gasteiger partial charge in [0.2, 0.25) is 15.9 Å². The van der Waals surface area contributed by atoms with Gasteiger partial charge in [0.1, 0.15) is 0 Å².